The van der Waals surface area contributed by atoms with Crippen LogP contribution in [0.4, 0.5) is 0 Å². The smallest absolute Gasteiger partial charge is 0.190 e. The number of carbonyl (C=O) groups is 2. The minimum Gasteiger partial charge on any atom is -0.493 e. The van der Waals surface area contributed by atoms with Crippen LogP contribution < -0.4 is 9.47 Å². The van der Waals surface area contributed by atoms with E-state index >= 15 is 0 Å². The van der Waals surface area contributed by atoms with Gasteiger partial charge < -0.3 is 9.47 Å². The van der Waals surface area contributed by atoms with Crippen molar-refractivity contribution in [2.24, 2.45) is 0 Å². The fourth-order valence-electron chi connectivity index (χ4n) is 3.13. The first-order chi connectivity index (χ1) is 11.5. The van der Waals surface area contributed by atoms with Crippen LogP contribution in [0.15, 0.2) is 23.3 Å². The van der Waals surface area contributed by atoms with E-state index in [1.165, 1.54) is 33.5 Å². The van der Waals surface area contributed by atoms with E-state index in [2.05, 4.69) is 6.92 Å². The lowest BCUT2D eigenvalue weighted by molar-refractivity contribution is 0.0971. The molecule has 2 rings (SSSR count). The monoisotopic (exact) mass is 330 g/mol. The van der Waals surface area contributed by atoms with Crippen LogP contribution in [0, 0.1) is 0 Å². The molecule has 1 aromatic rings. The summed E-state index contributed by atoms with van der Waals surface area (Å²) in [6.45, 7) is 3.93. The summed E-state index contributed by atoms with van der Waals surface area (Å²) in [5.74, 6) is 0.792. The average molecular weight is 330 g/mol. The van der Waals surface area contributed by atoms with Crippen LogP contribution in [0.25, 0.3) is 0 Å². The van der Waals surface area contributed by atoms with Gasteiger partial charge in [-0.1, -0.05) is 32.6 Å². The molecule has 0 saturated carbocycles. The van der Waals surface area contributed by atoms with E-state index in [0.29, 0.717) is 40.2 Å². The second kappa shape index (κ2) is 8.13. The Kier molecular flexibility index (Phi) is 6.18. The van der Waals surface area contributed by atoms with Gasteiger partial charge in [-0.15, -0.1) is 0 Å². The maximum absolute atomic E-state index is 12.9. The van der Waals surface area contributed by atoms with Gasteiger partial charge in [0.2, 0.25) is 0 Å². The zero-order valence-corrected chi connectivity index (χ0v) is 15.0. The van der Waals surface area contributed by atoms with E-state index in [0.717, 1.165) is 12.8 Å². The van der Waals surface area contributed by atoms with Crippen molar-refractivity contribution < 1.29 is 19.1 Å². The Morgan fingerprint density at radius 1 is 0.833 bits per heavy atom. The average Bonchev–Trinajstić information content (AvgIpc) is 2.60. The van der Waals surface area contributed by atoms with E-state index < -0.39 is 0 Å². The van der Waals surface area contributed by atoms with Crippen molar-refractivity contribution in [2.75, 3.05) is 14.2 Å². The van der Waals surface area contributed by atoms with Crippen molar-refractivity contribution in [3.05, 3.63) is 34.4 Å². The lowest BCUT2D eigenvalue weighted by Gasteiger charge is -2.21. The van der Waals surface area contributed by atoms with Gasteiger partial charge in [0.05, 0.1) is 14.2 Å². The van der Waals surface area contributed by atoms with Crippen LogP contribution in [0.5, 0.6) is 11.5 Å². The van der Waals surface area contributed by atoms with Crippen molar-refractivity contribution in [1.82, 2.24) is 0 Å². The Morgan fingerprint density at radius 2 is 1.38 bits per heavy atom. The molecule has 0 atom stereocenters. The molecule has 4 heteroatoms. The number of benzene rings is 1. The number of rotatable bonds is 8. The van der Waals surface area contributed by atoms with Gasteiger partial charge in [0.25, 0.3) is 0 Å². The quantitative estimate of drug-likeness (QED) is 0.645. The minimum absolute atomic E-state index is 0.0569. The highest BCUT2D eigenvalue weighted by atomic mass is 16.5. The highest BCUT2D eigenvalue weighted by Crippen LogP contribution is 2.36. The number of Topliss-reactive ketones (excluding diaryl/α,β-unsaturated/α-hetero) is 2. The molecule has 24 heavy (non-hydrogen) atoms. The molecule has 0 heterocycles. The third-order valence-corrected chi connectivity index (χ3v) is 4.61. The summed E-state index contributed by atoms with van der Waals surface area (Å²) in [5, 5.41) is 0. The zero-order chi connectivity index (χ0) is 17.7. The molecule has 4 nitrogen and oxygen atoms in total. The number of ketones is 2. The summed E-state index contributed by atoms with van der Waals surface area (Å²) in [6, 6.07) is 3.23. The summed E-state index contributed by atoms with van der Waals surface area (Å²) in [6.07, 6.45) is 6.26. The van der Waals surface area contributed by atoms with Crippen molar-refractivity contribution in [3.8, 4) is 11.5 Å². The number of ether oxygens (including phenoxy) is 2. The predicted molar refractivity (Wildman–Crippen MR) is 94.3 cm³/mol. The Bertz CT molecular complexity index is 670. The maximum Gasteiger partial charge on any atom is 0.190 e. The summed E-state index contributed by atoms with van der Waals surface area (Å²) in [7, 11) is 3.04. The Hall–Kier alpha value is -2.10. The second-order valence-electron chi connectivity index (χ2n) is 6.18. The fraction of sp³-hybridized carbons (Fsp3) is 0.500. The highest BCUT2D eigenvalue weighted by molar-refractivity contribution is 6.27. The normalized spacial score (nSPS) is 14.0. The molecule has 0 N–H and O–H groups in total. The number of fused-ring (bicyclic) bond motifs is 1. The first-order valence-corrected chi connectivity index (χ1v) is 8.60. The van der Waals surface area contributed by atoms with Gasteiger partial charge in [0.1, 0.15) is 0 Å². The third kappa shape index (κ3) is 3.53. The molecule has 1 aromatic carbocycles. The molecule has 1 aliphatic rings. The van der Waals surface area contributed by atoms with Crippen LogP contribution in [0.3, 0.4) is 0 Å². The highest BCUT2D eigenvalue weighted by Gasteiger charge is 2.31. The van der Waals surface area contributed by atoms with E-state index in [1.54, 1.807) is 19.1 Å². The first kappa shape index (κ1) is 18.2. The van der Waals surface area contributed by atoms with Gasteiger partial charge in [0, 0.05) is 22.3 Å². The zero-order valence-electron chi connectivity index (χ0n) is 15.0. The molecule has 0 saturated heterocycles. The van der Waals surface area contributed by atoms with Crippen LogP contribution >= 0.6 is 0 Å². The molecule has 130 valence electrons. The molecule has 0 unspecified atom stereocenters. The number of allylic oxidation sites excluding steroid dienone is 2. The third-order valence-electron chi connectivity index (χ3n) is 4.61. The van der Waals surface area contributed by atoms with Gasteiger partial charge in [-0.2, -0.15) is 0 Å². The van der Waals surface area contributed by atoms with Crippen LogP contribution in [0.1, 0.15) is 73.1 Å². The van der Waals surface area contributed by atoms with E-state index in [9.17, 15) is 9.59 Å². The summed E-state index contributed by atoms with van der Waals surface area (Å²) < 4.78 is 10.5. The minimum atomic E-state index is -0.0888. The van der Waals surface area contributed by atoms with Crippen molar-refractivity contribution >= 4 is 11.6 Å². The molecule has 0 spiro atoms. The standard InChI is InChI=1S/C20H26O4/c1-5-6-7-8-9-10-14-13(2)19(21)15-11-17(23-3)18(24-4)12-16(15)20(14)22/h11-12H,5-10H2,1-4H3. The van der Waals surface area contributed by atoms with Crippen LogP contribution in [-0.4, -0.2) is 25.8 Å². The Balaban J connectivity index is 2.27. The number of carbonyl (C=O) groups excluding carboxylic acids is 2. The van der Waals surface area contributed by atoms with Gasteiger partial charge in [-0.3, -0.25) is 9.59 Å². The Labute approximate surface area is 143 Å². The van der Waals surface area contributed by atoms with Gasteiger partial charge in [-0.05, 0) is 31.9 Å². The number of hydrogen-bond donors (Lipinski definition) is 0. The van der Waals surface area contributed by atoms with Gasteiger partial charge in [-0.25, -0.2) is 0 Å². The molecule has 0 aromatic heterocycles. The molecule has 0 bridgehead atoms. The number of methoxy groups -OCH3 is 2. The van der Waals surface area contributed by atoms with Gasteiger partial charge in [0.15, 0.2) is 23.1 Å². The van der Waals surface area contributed by atoms with Crippen molar-refractivity contribution in [3.63, 3.8) is 0 Å². The molecule has 0 aliphatic heterocycles. The lowest BCUT2D eigenvalue weighted by Crippen LogP contribution is -2.21. The van der Waals surface area contributed by atoms with E-state index in [4.69, 9.17) is 9.47 Å². The van der Waals surface area contributed by atoms with E-state index in [-0.39, 0.29) is 11.6 Å². The summed E-state index contributed by atoms with van der Waals surface area (Å²) in [4.78, 5) is 25.5. The molecule has 0 radical (unpaired) electrons. The van der Waals surface area contributed by atoms with Crippen molar-refractivity contribution in [1.29, 1.82) is 0 Å². The molecular formula is C20H26O4. The number of unbranched alkanes of at least 4 members (excludes halogenated alkanes) is 4. The lowest BCUT2D eigenvalue weighted by atomic mass is 9.82. The molecule has 0 fully saturated rings. The molecule has 1 aliphatic carbocycles. The largest absolute Gasteiger partial charge is 0.493 e. The van der Waals surface area contributed by atoms with Crippen molar-refractivity contribution in [2.45, 2.75) is 52.4 Å². The summed E-state index contributed by atoms with van der Waals surface area (Å²) >= 11 is 0. The SMILES string of the molecule is CCCCCCCC1=C(C)C(=O)c2cc(OC)c(OC)cc2C1=O. The first-order valence-electron chi connectivity index (χ1n) is 8.60. The van der Waals surface area contributed by atoms with Crippen LogP contribution in [-0.2, 0) is 0 Å². The van der Waals surface area contributed by atoms with Gasteiger partial charge >= 0.3 is 0 Å². The number of hydrogen-bond acceptors (Lipinski definition) is 4. The maximum atomic E-state index is 12.9. The van der Waals surface area contributed by atoms with E-state index in [1.807, 2.05) is 0 Å². The molecular weight excluding hydrogens is 304 g/mol. The topological polar surface area (TPSA) is 52.6 Å². The predicted octanol–water partition coefficient (Wildman–Crippen LogP) is 4.76. The summed E-state index contributed by atoms with van der Waals surface area (Å²) in [5.41, 5.74) is 2.04. The molecule has 0 amide bonds. The second-order valence-corrected chi connectivity index (χ2v) is 6.18. The van der Waals surface area contributed by atoms with Crippen LogP contribution in [0.2, 0.25) is 0 Å². The Morgan fingerprint density at radius 3 is 1.92 bits per heavy atom. The fourth-order valence-corrected chi connectivity index (χ4v) is 3.13.